The average molecular weight is 514 g/mol. The van der Waals surface area contributed by atoms with Gasteiger partial charge in [-0.1, -0.05) is 39.5 Å². The van der Waals surface area contributed by atoms with E-state index in [1.807, 2.05) is 0 Å². The first kappa shape index (κ1) is 22.3. The second kappa shape index (κ2) is 10.1. The molecule has 0 bridgehead atoms. The fraction of sp³-hybridized carbons (Fsp3) is 0.294. The van der Waals surface area contributed by atoms with Crippen LogP contribution in [-0.4, -0.2) is 51.6 Å². The number of amidine groups is 2. The van der Waals surface area contributed by atoms with Gasteiger partial charge in [-0.25, -0.2) is 0 Å². The van der Waals surface area contributed by atoms with Crippen LogP contribution in [0, 0.1) is 0 Å². The number of anilines is 1. The minimum Gasteiger partial charge on any atom is -0.469 e. The highest BCUT2D eigenvalue weighted by Gasteiger charge is 2.34. The Morgan fingerprint density at radius 1 is 1.10 bits per heavy atom. The topological polar surface area (TPSA) is 138 Å². The number of hydrogen-bond donors (Lipinski definition) is 3. The summed E-state index contributed by atoms with van der Waals surface area (Å²) in [6, 6.07) is 7.07. The van der Waals surface area contributed by atoms with Crippen LogP contribution in [0.2, 0.25) is 0 Å². The van der Waals surface area contributed by atoms with E-state index in [2.05, 4.69) is 46.8 Å². The van der Waals surface area contributed by atoms with Gasteiger partial charge in [0, 0.05) is 16.6 Å². The number of nitrogens with zero attached hydrogens (tertiary/aromatic N) is 2. The monoisotopic (exact) mass is 513 g/mol. The Balaban J connectivity index is 1.58. The maximum atomic E-state index is 12.2. The van der Waals surface area contributed by atoms with Crippen LogP contribution in [0.15, 0.2) is 38.9 Å². The lowest BCUT2D eigenvalue weighted by Crippen LogP contribution is -2.28. The lowest BCUT2D eigenvalue weighted by Gasteiger charge is -2.07. The van der Waals surface area contributed by atoms with Crippen LogP contribution in [0.25, 0.3) is 0 Å². The molecule has 2 aliphatic rings. The third-order valence-electron chi connectivity index (χ3n) is 3.89. The maximum absolute atomic E-state index is 12.2. The Morgan fingerprint density at radius 3 is 2.53 bits per heavy atom. The van der Waals surface area contributed by atoms with Crippen molar-refractivity contribution >= 4 is 79.2 Å². The molecule has 2 heterocycles. The highest BCUT2D eigenvalue weighted by atomic mass is 79.9. The first-order chi connectivity index (χ1) is 14.3. The number of nitrogens with one attached hydrogen (secondary N) is 3. The molecule has 0 saturated carbocycles. The Morgan fingerprint density at radius 2 is 1.83 bits per heavy atom. The second-order valence-electron chi connectivity index (χ2n) is 6.04. The number of amides is 3. The minimum absolute atomic E-state index is 0.0397. The van der Waals surface area contributed by atoms with Gasteiger partial charge >= 0.3 is 5.97 Å². The van der Waals surface area contributed by atoms with Gasteiger partial charge in [-0.05, 0) is 24.3 Å². The van der Waals surface area contributed by atoms with Crippen LogP contribution in [0.1, 0.15) is 12.8 Å². The van der Waals surface area contributed by atoms with Crippen LogP contribution >= 0.6 is 39.5 Å². The first-order valence-corrected chi connectivity index (χ1v) is 11.1. The summed E-state index contributed by atoms with van der Waals surface area (Å²) in [6.45, 7) is 0. The SMILES string of the molecule is COC(=O)C[C@H]1SC(=O)N/C1=N/N=C1\NC(=O)[C@@H](CC(=O)Nc2ccc(Br)cc2)S1. The first-order valence-electron chi connectivity index (χ1n) is 8.57. The Bertz CT molecular complexity index is 937. The predicted molar refractivity (Wildman–Crippen MR) is 118 cm³/mol. The van der Waals surface area contributed by atoms with Crippen molar-refractivity contribution in [1.29, 1.82) is 0 Å². The van der Waals surface area contributed by atoms with Gasteiger partial charge in [-0.3, -0.25) is 19.2 Å². The molecule has 3 N–H and O–H groups in total. The molecule has 30 heavy (non-hydrogen) atoms. The van der Waals surface area contributed by atoms with E-state index in [4.69, 9.17) is 0 Å². The number of hydrogen-bond acceptors (Lipinski definition) is 9. The standard InChI is InChI=1S/C17H16BrN5O5S2/c1-28-13(25)7-10-14(20-17(27)30-10)22-23-16-21-15(26)11(29-16)6-12(24)19-9-4-2-8(18)3-5-9/h2-5,10-11H,6-7H2,1H3,(H,19,24)(H,20,22,27)(H,21,23,26)/t10-,11-/m1/s1. The van der Waals surface area contributed by atoms with E-state index in [-0.39, 0.29) is 40.9 Å². The number of thioether (sulfide) groups is 2. The highest BCUT2D eigenvalue weighted by molar-refractivity contribution is 9.10. The molecule has 0 radical (unpaired) electrons. The lowest BCUT2D eigenvalue weighted by atomic mass is 10.2. The van der Waals surface area contributed by atoms with E-state index in [9.17, 15) is 19.2 Å². The molecule has 1 aromatic carbocycles. The Labute approximate surface area is 188 Å². The molecule has 1 aromatic rings. The summed E-state index contributed by atoms with van der Waals surface area (Å²) in [4.78, 5) is 47.4. The summed E-state index contributed by atoms with van der Waals surface area (Å²) in [5, 5.41) is 14.3. The molecule has 0 unspecified atom stereocenters. The number of methoxy groups -OCH3 is 1. The molecule has 2 atom stereocenters. The number of rotatable bonds is 6. The summed E-state index contributed by atoms with van der Waals surface area (Å²) in [5.41, 5.74) is 0.623. The van der Waals surface area contributed by atoms with Crippen molar-refractivity contribution in [3.63, 3.8) is 0 Å². The summed E-state index contributed by atoms with van der Waals surface area (Å²) in [7, 11) is 1.26. The second-order valence-corrected chi connectivity index (χ2v) is 9.33. The highest BCUT2D eigenvalue weighted by Crippen LogP contribution is 2.25. The van der Waals surface area contributed by atoms with Crippen LogP contribution in [0.5, 0.6) is 0 Å². The zero-order valence-electron chi connectivity index (χ0n) is 15.5. The smallest absolute Gasteiger partial charge is 0.307 e. The van der Waals surface area contributed by atoms with Crippen LogP contribution in [0.3, 0.4) is 0 Å². The number of halogens is 1. The minimum atomic E-state index is -0.655. The van der Waals surface area contributed by atoms with Gasteiger partial charge in [0.1, 0.15) is 11.1 Å². The average Bonchev–Trinajstić information content (AvgIpc) is 3.23. The van der Waals surface area contributed by atoms with Crippen molar-refractivity contribution in [3.05, 3.63) is 28.7 Å². The molecule has 0 aliphatic carbocycles. The molecule has 2 saturated heterocycles. The number of carbonyl (C=O) groups is 4. The molecular formula is C17H16BrN5O5S2. The molecule has 3 rings (SSSR count). The Hall–Kier alpha value is -2.38. The van der Waals surface area contributed by atoms with Crippen LogP contribution in [-0.2, 0) is 19.1 Å². The Kier molecular flexibility index (Phi) is 7.50. The van der Waals surface area contributed by atoms with Gasteiger partial charge in [-0.15, -0.1) is 10.2 Å². The molecule has 0 spiro atoms. The van der Waals surface area contributed by atoms with Crippen molar-refractivity contribution < 1.29 is 23.9 Å². The van der Waals surface area contributed by atoms with Crippen molar-refractivity contribution in [3.8, 4) is 0 Å². The fourth-order valence-corrected chi connectivity index (χ4v) is 4.50. The van der Waals surface area contributed by atoms with E-state index < -0.39 is 16.5 Å². The number of benzene rings is 1. The third-order valence-corrected chi connectivity index (χ3v) is 6.48. The molecular weight excluding hydrogens is 498 g/mol. The summed E-state index contributed by atoms with van der Waals surface area (Å²) in [5.74, 6) is -0.949. The third kappa shape index (κ3) is 6.06. The summed E-state index contributed by atoms with van der Waals surface area (Å²) < 4.78 is 5.49. The molecule has 0 aromatic heterocycles. The van der Waals surface area contributed by atoms with Gasteiger partial charge in [0.25, 0.3) is 5.24 Å². The van der Waals surface area contributed by atoms with Crippen molar-refractivity contribution in [2.45, 2.75) is 23.3 Å². The zero-order valence-corrected chi connectivity index (χ0v) is 18.7. The van der Waals surface area contributed by atoms with Gasteiger partial charge < -0.3 is 20.7 Å². The molecule has 2 aliphatic heterocycles. The fourth-order valence-electron chi connectivity index (χ4n) is 2.46. The van der Waals surface area contributed by atoms with E-state index >= 15 is 0 Å². The lowest BCUT2D eigenvalue weighted by molar-refractivity contribution is -0.140. The summed E-state index contributed by atoms with van der Waals surface area (Å²) >= 11 is 5.30. The molecule has 13 heteroatoms. The number of carbonyl (C=O) groups excluding carboxylic acids is 4. The van der Waals surface area contributed by atoms with E-state index in [1.54, 1.807) is 24.3 Å². The normalized spacial score (nSPS) is 23.4. The molecule has 2 fully saturated rings. The largest absolute Gasteiger partial charge is 0.469 e. The van der Waals surface area contributed by atoms with E-state index in [0.717, 1.165) is 28.0 Å². The maximum Gasteiger partial charge on any atom is 0.307 e. The van der Waals surface area contributed by atoms with Gasteiger partial charge in [0.2, 0.25) is 11.8 Å². The number of ether oxygens (including phenoxy) is 1. The van der Waals surface area contributed by atoms with Crippen molar-refractivity contribution in [2.24, 2.45) is 10.2 Å². The van der Waals surface area contributed by atoms with Gasteiger partial charge in [0.15, 0.2) is 5.17 Å². The summed E-state index contributed by atoms with van der Waals surface area (Å²) in [6.07, 6.45) is -0.0817. The molecule has 3 amide bonds. The zero-order chi connectivity index (χ0) is 21.7. The van der Waals surface area contributed by atoms with Crippen LogP contribution < -0.4 is 16.0 Å². The van der Waals surface area contributed by atoms with Crippen molar-refractivity contribution in [1.82, 2.24) is 10.6 Å². The predicted octanol–water partition coefficient (Wildman–Crippen LogP) is 2.07. The van der Waals surface area contributed by atoms with Gasteiger partial charge in [-0.2, -0.15) is 0 Å². The van der Waals surface area contributed by atoms with E-state index in [1.165, 1.54) is 7.11 Å². The van der Waals surface area contributed by atoms with Crippen molar-refractivity contribution in [2.75, 3.05) is 12.4 Å². The van der Waals surface area contributed by atoms with E-state index in [0.29, 0.717) is 5.69 Å². The molecule has 158 valence electrons. The molecule has 10 nitrogen and oxygen atoms in total. The number of esters is 1. The van der Waals surface area contributed by atoms with Crippen LogP contribution in [0.4, 0.5) is 10.5 Å². The quantitative estimate of drug-likeness (QED) is 0.390. The van der Waals surface area contributed by atoms with Gasteiger partial charge in [0.05, 0.1) is 18.8 Å².